The van der Waals surface area contributed by atoms with Gasteiger partial charge in [-0.2, -0.15) is 0 Å². The van der Waals surface area contributed by atoms with Gasteiger partial charge in [-0.15, -0.1) is 0 Å². The summed E-state index contributed by atoms with van der Waals surface area (Å²) in [6.45, 7) is 0. The molecule has 0 aliphatic carbocycles. The quantitative estimate of drug-likeness (QED) is 0.475. The van der Waals surface area contributed by atoms with Gasteiger partial charge in [0.05, 0.1) is 21.3 Å². The second-order valence-electron chi connectivity index (χ2n) is 5.97. The predicted molar refractivity (Wildman–Crippen MR) is 113 cm³/mol. The Bertz CT molecular complexity index is 1270. The lowest BCUT2D eigenvalue weighted by atomic mass is 10.1. The molecule has 0 bridgehead atoms. The van der Waals surface area contributed by atoms with Crippen LogP contribution in [-0.2, 0) is 0 Å². The van der Waals surface area contributed by atoms with Crippen molar-refractivity contribution in [1.29, 1.82) is 0 Å². The van der Waals surface area contributed by atoms with Crippen LogP contribution >= 0.6 is 23.2 Å². The van der Waals surface area contributed by atoms with Crippen molar-refractivity contribution in [2.75, 3.05) is 0 Å². The number of fused-ring (bicyclic) bond motifs is 1. The first-order valence-electron chi connectivity index (χ1n) is 8.33. The monoisotopic (exact) mass is 409 g/mol. The fourth-order valence-electron chi connectivity index (χ4n) is 2.92. The highest BCUT2D eigenvalue weighted by Gasteiger charge is 2.17. The van der Waals surface area contributed by atoms with E-state index in [0.717, 1.165) is 0 Å². The van der Waals surface area contributed by atoms with E-state index in [9.17, 15) is 9.90 Å². The molecule has 0 fully saturated rings. The van der Waals surface area contributed by atoms with E-state index in [4.69, 9.17) is 23.2 Å². The molecule has 2 aromatic heterocycles. The van der Waals surface area contributed by atoms with Gasteiger partial charge in [0.1, 0.15) is 0 Å². The molecule has 0 aliphatic heterocycles. The summed E-state index contributed by atoms with van der Waals surface area (Å²) in [5.74, 6) is 0.165. The molecule has 1 N–H and O–H groups in total. The third-order valence-electron chi connectivity index (χ3n) is 4.23. The zero-order valence-corrected chi connectivity index (χ0v) is 15.9. The minimum Gasteiger partial charge on any atom is -0.494 e. The second kappa shape index (κ2) is 7.46. The van der Waals surface area contributed by atoms with Crippen LogP contribution in [0.1, 0.15) is 5.56 Å². The lowest BCUT2D eigenvalue weighted by Crippen LogP contribution is -2.20. The Morgan fingerprint density at radius 1 is 0.964 bits per heavy atom. The average Bonchev–Trinajstić information content (AvgIpc) is 2.71. The molecule has 0 radical (unpaired) electrons. The third kappa shape index (κ3) is 3.26. The number of rotatable bonds is 3. The standard InChI is InChI=1S/C21H13Cl2N3O2/c22-13-9-10-19(24-11-13)25-12-16-14-5-1-2-6-15(14)20(27)26(21(16)28)18-8-4-3-7-17(18)23/h1-12,28H. The molecule has 0 saturated carbocycles. The molecule has 7 heteroatoms. The van der Waals surface area contributed by atoms with Crippen molar-refractivity contribution in [3.63, 3.8) is 0 Å². The van der Waals surface area contributed by atoms with Gasteiger partial charge in [0, 0.05) is 23.2 Å². The van der Waals surface area contributed by atoms with Gasteiger partial charge in [-0.05, 0) is 30.3 Å². The molecule has 5 nitrogen and oxygen atoms in total. The number of hydrogen-bond donors (Lipinski definition) is 1. The Hall–Kier alpha value is -3.15. The third-order valence-corrected chi connectivity index (χ3v) is 4.78. The van der Waals surface area contributed by atoms with E-state index in [-0.39, 0.29) is 11.4 Å². The number of pyridine rings is 2. The Morgan fingerprint density at radius 2 is 1.68 bits per heavy atom. The first-order valence-corrected chi connectivity index (χ1v) is 9.09. The van der Waals surface area contributed by atoms with Crippen molar-refractivity contribution >= 4 is 46.0 Å². The molecule has 2 aromatic carbocycles. The smallest absolute Gasteiger partial charge is 0.265 e. The van der Waals surface area contributed by atoms with Gasteiger partial charge in [0.15, 0.2) is 5.82 Å². The minimum absolute atomic E-state index is 0.255. The lowest BCUT2D eigenvalue weighted by Gasteiger charge is -2.14. The molecule has 0 unspecified atom stereocenters. The Kier molecular flexibility index (Phi) is 4.86. The first-order chi connectivity index (χ1) is 13.6. The normalized spacial score (nSPS) is 11.4. The van der Waals surface area contributed by atoms with Gasteiger partial charge in [-0.1, -0.05) is 53.5 Å². The van der Waals surface area contributed by atoms with E-state index in [0.29, 0.717) is 37.9 Å². The summed E-state index contributed by atoms with van der Waals surface area (Å²) in [6, 6.07) is 17.1. The van der Waals surface area contributed by atoms with Crippen molar-refractivity contribution in [1.82, 2.24) is 9.55 Å². The summed E-state index contributed by atoms with van der Waals surface area (Å²) in [6.07, 6.45) is 2.96. The molecule has 0 saturated heterocycles. The average molecular weight is 410 g/mol. The number of halogens is 2. The van der Waals surface area contributed by atoms with Crippen LogP contribution in [0, 0.1) is 0 Å². The van der Waals surface area contributed by atoms with E-state index in [1.807, 2.05) is 0 Å². The zero-order valence-electron chi connectivity index (χ0n) is 14.4. The summed E-state index contributed by atoms with van der Waals surface area (Å²) < 4.78 is 1.18. The Labute approximate surface area is 170 Å². The van der Waals surface area contributed by atoms with Gasteiger partial charge in [0.2, 0.25) is 5.88 Å². The van der Waals surface area contributed by atoms with Crippen molar-refractivity contribution in [3.05, 3.63) is 92.8 Å². The van der Waals surface area contributed by atoms with Crippen LogP contribution in [0.3, 0.4) is 0 Å². The van der Waals surface area contributed by atoms with E-state index in [1.54, 1.807) is 60.7 Å². The topological polar surface area (TPSA) is 67.5 Å². The molecule has 0 aliphatic rings. The Morgan fingerprint density at radius 3 is 2.39 bits per heavy atom. The number of aromatic nitrogens is 2. The van der Waals surface area contributed by atoms with Crippen LogP contribution in [0.25, 0.3) is 16.5 Å². The second-order valence-corrected chi connectivity index (χ2v) is 6.81. The lowest BCUT2D eigenvalue weighted by molar-refractivity contribution is 0.436. The number of aromatic hydroxyl groups is 1. The Balaban J connectivity index is 1.99. The number of benzene rings is 2. The molecule has 138 valence electrons. The molecular formula is C21H13Cl2N3O2. The number of aliphatic imine (C=N–C) groups is 1. The van der Waals surface area contributed by atoms with Gasteiger partial charge < -0.3 is 5.11 Å². The van der Waals surface area contributed by atoms with E-state index < -0.39 is 0 Å². The van der Waals surface area contributed by atoms with Crippen molar-refractivity contribution in [3.8, 4) is 11.6 Å². The first kappa shape index (κ1) is 18.2. The van der Waals surface area contributed by atoms with Crippen LogP contribution < -0.4 is 5.56 Å². The van der Waals surface area contributed by atoms with E-state index in [2.05, 4.69) is 9.98 Å². The molecular weight excluding hydrogens is 397 g/mol. The van der Waals surface area contributed by atoms with Crippen LogP contribution in [0.15, 0.2) is 76.6 Å². The highest BCUT2D eigenvalue weighted by Crippen LogP contribution is 2.29. The molecule has 0 atom stereocenters. The van der Waals surface area contributed by atoms with Gasteiger partial charge >= 0.3 is 0 Å². The maximum atomic E-state index is 13.0. The van der Waals surface area contributed by atoms with Gasteiger partial charge in [0.25, 0.3) is 5.56 Å². The zero-order chi connectivity index (χ0) is 19.7. The molecule has 4 aromatic rings. The summed E-state index contributed by atoms with van der Waals surface area (Å²) in [4.78, 5) is 21.5. The van der Waals surface area contributed by atoms with Crippen LogP contribution in [0.5, 0.6) is 5.88 Å². The van der Waals surface area contributed by atoms with Crippen LogP contribution in [0.4, 0.5) is 5.82 Å². The fraction of sp³-hybridized carbons (Fsp3) is 0. The van der Waals surface area contributed by atoms with Gasteiger partial charge in [-0.25, -0.2) is 14.5 Å². The number of para-hydroxylation sites is 1. The maximum Gasteiger partial charge on any atom is 0.265 e. The van der Waals surface area contributed by atoms with E-state index >= 15 is 0 Å². The number of nitrogens with zero attached hydrogens (tertiary/aromatic N) is 3. The highest BCUT2D eigenvalue weighted by molar-refractivity contribution is 6.32. The fourth-order valence-corrected chi connectivity index (χ4v) is 3.25. The molecule has 4 rings (SSSR count). The van der Waals surface area contributed by atoms with E-state index in [1.165, 1.54) is 17.0 Å². The highest BCUT2D eigenvalue weighted by atomic mass is 35.5. The maximum absolute atomic E-state index is 13.0. The van der Waals surface area contributed by atoms with Crippen LogP contribution in [-0.4, -0.2) is 20.9 Å². The summed E-state index contributed by atoms with van der Waals surface area (Å²) in [5, 5.41) is 12.8. The summed E-state index contributed by atoms with van der Waals surface area (Å²) in [5.41, 5.74) is 0.395. The van der Waals surface area contributed by atoms with Gasteiger partial charge in [-0.3, -0.25) is 4.79 Å². The summed E-state index contributed by atoms with van der Waals surface area (Å²) >= 11 is 12.1. The molecule has 2 heterocycles. The minimum atomic E-state index is -0.372. The largest absolute Gasteiger partial charge is 0.494 e. The van der Waals surface area contributed by atoms with Crippen molar-refractivity contribution < 1.29 is 5.11 Å². The van der Waals surface area contributed by atoms with Crippen molar-refractivity contribution in [2.45, 2.75) is 0 Å². The van der Waals surface area contributed by atoms with Crippen LogP contribution in [0.2, 0.25) is 10.0 Å². The van der Waals surface area contributed by atoms with Crippen molar-refractivity contribution in [2.24, 2.45) is 4.99 Å². The number of hydrogen-bond acceptors (Lipinski definition) is 4. The molecule has 0 spiro atoms. The molecule has 0 amide bonds. The predicted octanol–water partition coefficient (Wildman–Crippen LogP) is 5.15. The molecule has 28 heavy (non-hydrogen) atoms. The summed E-state index contributed by atoms with van der Waals surface area (Å²) in [7, 11) is 0. The SMILES string of the molecule is O=c1c2ccccc2c(C=Nc2ccc(Cl)cn2)c(O)n1-c1ccccc1Cl.